The third-order valence-corrected chi connectivity index (χ3v) is 3.85. The molecule has 0 bridgehead atoms. The number of nitrogens with two attached hydrogens (primary N) is 1. The van der Waals surface area contributed by atoms with Gasteiger partial charge in [-0.2, -0.15) is 0 Å². The van der Waals surface area contributed by atoms with Crippen LogP contribution in [0.4, 0.5) is 4.79 Å². The third kappa shape index (κ3) is 3.85. The largest absolute Gasteiger partial charge is 0.480 e. The molecule has 3 unspecified atom stereocenters. The molecule has 1 fully saturated rings. The number of nitrogens with one attached hydrogen (secondary N) is 1. The number of aliphatic carboxylic acids is 1. The van der Waals surface area contributed by atoms with E-state index in [9.17, 15) is 19.5 Å². The first-order valence-electron chi connectivity index (χ1n) is 6.97. The summed E-state index contributed by atoms with van der Waals surface area (Å²) in [6, 6.07) is -2.34. The molecule has 0 aromatic rings. The minimum absolute atomic E-state index is 0.105. The van der Waals surface area contributed by atoms with Crippen LogP contribution >= 0.6 is 0 Å². The van der Waals surface area contributed by atoms with E-state index in [1.54, 1.807) is 0 Å². The highest BCUT2D eigenvalue weighted by molar-refractivity contribution is 5.90. The van der Waals surface area contributed by atoms with E-state index in [4.69, 9.17) is 5.73 Å². The Labute approximate surface area is 118 Å². The third-order valence-electron chi connectivity index (χ3n) is 3.85. The molecule has 0 spiro atoms. The van der Waals surface area contributed by atoms with Gasteiger partial charge in [0.15, 0.2) is 0 Å². The molecule has 1 heterocycles. The standard InChI is InChI=1S/C13H23N3O4/c1-3-8(2)10(15-13(14)20)11(17)16-7-5-4-6-9(16)12(18)19/h8-10H,3-7H2,1-2H3,(H,18,19)(H3,14,15,20). The van der Waals surface area contributed by atoms with Crippen LogP contribution in [0.1, 0.15) is 39.5 Å². The van der Waals surface area contributed by atoms with Crippen molar-refractivity contribution in [1.29, 1.82) is 0 Å². The van der Waals surface area contributed by atoms with Crippen LogP contribution in [0.5, 0.6) is 0 Å². The molecule has 3 amide bonds. The number of primary amides is 1. The quantitative estimate of drug-likeness (QED) is 0.684. The lowest BCUT2D eigenvalue weighted by molar-refractivity contribution is -0.153. The zero-order valence-electron chi connectivity index (χ0n) is 12.0. The Bertz CT molecular complexity index is 382. The molecule has 114 valence electrons. The molecular weight excluding hydrogens is 262 g/mol. The predicted molar refractivity (Wildman–Crippen MR) is 72.9 cm³/mol. The van der Waals surface area contributed by atoms with Crippen LogP contribution in [0, 0.1) is 5.92 Å². The van der Waals surface area contributed by atoms with E-state index in [1.165, 1.54) is 4.90 Å². The van der Waals surface area contributed by atoms with E-state index in [2.05, 4.69) is 5.32 Å². The number of piperidine rings is 1. The number of carbonyl (C=O) groups is 3. The monoisotopic (exact) mass is 285 g/mol. The predicted octanol–water partition coefficient (Wildman–Crippen LogP) is 0.535. The maximum Gasteiger partial charge on any atom is 0.326 e. The number of nitrogens with zero attached hydrogens (tertiary/aromatic N) is 1. The number of rotatable bonds is 5. The molecule has 1 saturated heterocycles. The van der Waals surface area contributed by atoms with Crippen molar-refractivity contribution in [3.63, 3.8) is 0 Å². The average molecular weight is 285 g/mol. The Morgan fingerprint density at radius 3 is 2.55 bits per heavy atom. The van der Waals surface area contributed by atoms with Crippen molar-refractivity contribution in [2.45, 2.75) is 51.6 Å². The summed E-state index contributed by atoms with van der Waals surface area (Å²) in [6.07, 6.45) is 2.70. The van der Waals surface area contributed by atoms with Gasteiger partial charge in [-0.1, -0.05) is 20.3 Å². The van der Waals surface area contributed by atoms with Crippen LogP contribution in [-0.4, -0.2) is 46.5 Å². The smallest absolute Gasteiger partial charge is 0.326 e. The van der Waals surface area contributed by atoms with Crippen molar-refractivity contribution < 1.29 is 19.5 Å². The van der Waals surface area contributed by atoms with Crippen molar-refractivity contribution in [3.05, 3.63) is 0 Å². The summed E-state index contributed by atoms with van der Waals surface area (Å²) < 4.78 is 0. The first kappa shape index (κ1) is 16.3. The summed E-state index contributed by atoms with van der Waals surface area (Å²) in [5, 5.41) is 11.7. The molecule has 1 aliphatic rings. The Balaban J connectivity index is 2.90. The highest BCUT2D eigenvalue weighted by atomic mass is 16.4. The van der Waals surface area contributed by atoms with Crippen molar-refractivity contribution in [1.82, 2.24) is 10.2 Å². The van der Waals surface area contributed by atoms with Gasteiger partial charge >= 0.3 is 12.0 Å². The lowest BCUT2D eigenvalue weighted by atomic mass is 9.95. The number of hydrogen-bond acceptors (Lipinski definition) is 3. The molecule has 4 N–H and O–H groups in total. The summed E-state index contributed by atoms with van der Waals surface area (Å²) in [4.78, 5) is 36.2. The van der Waals surface area contributed by atoms with E-state index in [-0.39, 0.29) is 11.8 Å². The van der Waals surface area contributed by atoms with Gasteiger partial charge in [0.1, 0.15) is 12.1 Å². The Morgan fingerprint density at radius 1 is 1.40 bits per heavy atom. The van der Waals surface area contributed by atoms with Crippen LogP contribution < -0.4 is 11.1 Å². The van der Waals surface area contributed by atoms with Crippen molar-refractivity contribution in [3.8, 4) is 0 Å². The summed E-state index contributed by atoms with van der Waals surface area (Å²) in [5.41, 5.74) is 5.11. The second kappa shape index (κ2) is 7.12. The highest BCUT2D eigenvalue weighted by Gasteiger charge is 2.37. The molecule has 0 radical (unpaired) electrons. The minimum Gasteiger partial charge on any atom is -0.480 e. The molecule has 0 saturated carbocycles. The number of carboxylic acid groups (broad SMARTS) is 1. The van der Waals surface area contributed by atoms with Gasteiger partial charge in [0.05, 0.1) is 0 Å². The number of hydrogen-bond donors (Lipinski definition) is 3. The Kier molecular flexibility index (Phi) is 5.79. The molecule has 0 aliphatic carbocycles. The highest BCUT2D eigenvalue weighted by Crippen LogP contribution is 2.20. The van der Waals surface area contributed by atoms with E-state index in [0.717, 1.165) is 12.8 Å². The van der Waals surface area contributed by atoms with Crippen molar-refractivity contribution in [2.75, 3.05) is 6.54 Å². The molecule has 7 heteroatoms. The van der Waals surface area contributed by atoms with Crippen molar-refractivity contribution in [2.24, 2.45) is 11.7 Å². The molecule has 0 aromatic carbocycles. The Morgan fingerprint density at radius 2 is 2.05 bits per heavy atom. The molecule has 20 heavy (non-hydrogen) atoms. The molecule has 3 atom stereocenters. The normalized spacial score (nSPS) is 21.9. The van der Waals surface area contributed by atoms with E-state index in [1.807, 2.05) is 13.8 Å². The van der Waals surface area contributed by atoms with Crippen molar-refractivity contribution >= 4 is 17.9 Å². The fraction of sp³-hybridized carbons (Fsp3) is 0.769. The molecule has 0 aromatic heterocycles. The van der Waals surface area contributed by atoms with Crippen LogP contribution in [0.25, 0.3) is 0 Å². The number of carbonyl (C=O) groups excluding carboxylic acids is 2. The first-order valence-corrected chi connectivity index (χ1v) is 6.97. The first-order chi connectivity index (χ1) is 9.38. The van der Waals surface area contributed by atoms with Gasteiger partial charge in [-0.15, -0.1) is 0 Å². The maximum absolute atomic E-state index is 12.5. The summed E-state index contributed by atoms with van der Waals surface area (Å²) in [7, 11) is 0. The fourth-order valence-electron chi connectivity index (χ4n) is 2.47. The maximum atomic E-state index is 12.5. The van der Waals surface area contributed by atoms with Gasteiger partial charge in [-0.05, 0) is 25.2 Å². The van der Waals surface area contributed by atoms with E-state index in [0.29, 0.717) is 19.4 Å². The second-order valence-electron chi connectivity index (χ2n) is 5.25. The number of amides is 3. The van der Waals surface area contributed by atoms with Gasteiger partial charge in [-0.25, -0.2) is 9.59 Å². The van der Waals surface area contributed by atoms with Crippen LogP contribution in [0.15, 0.2) is 0 Å². The zero-order valence-corrected chi connectivity index (χ0v) is 12.0. The van der Waals surface area contributed by atoms with Gasteiger partial charge in [-0.3, -0.25) is 4.79 Å². The average Bonchev–Trinajstić information content (AvgIpc) is 2.42. The Hall–Kier alpha value is -1.79. The van der Waals surface area contributed by atoms with Gasteiger partial charge < -0.3 is 21.1 Å². The molecule has 1 rings (SSSR count). The second-order valence-corrected chi connectivity index (χ2v) is 5.25. The van der Waals surface area contributed by atoms with E-state index >= 15 is 0 Å². The fourth-order valence-corrected chi connectivity index (χ4v) is 2.47. The van der Waals surface area contributed by atoms with Crippen LogP contribution in [0.2, 0.25) is 0 Å². The molecule has 7 nitrogen and oxygen atoms in total. The van der Waals surface area contributed by atoms with Gasteiger partial charge in [0.25, 0.3) is 0 Å². The zero-order chi connectivity index (χ0) is 15.3. The number of likely N-dealkylation sites (tertiary alicyclic amines) is 1. The summed E-state index contributed by atoms with van der Waals surface area (Å²) in [6.45, 7) is 4.14. The summed E-state index contributed by atoms with van der Waals surface area (Å²) in [5.74, 6) is -1.46. The topological polar surface area (TPSA) is 113 Å². The van der Waals surface area contributed by atoms with Gasteiger partial charge in [0.2, 0.25) is 5.91 Å². The lowest BCUT2D eigenvalue weighted by Crippen LogP contribution is -2.58. The minimum atomic E-state index is -1.000. The summed E-state index contributed by atoms with van der Waals surface area (Å²) >= 11 is 0. The lowest BCUT2D eigenvalue weighted by Gasteiger charge is -2.36. The molecular formula is C13H23N3O4. The molecule has 1 aliphatic heterocycles. The number of urea groups is 1. The van der Waals surface area contributed by atoms with Gasteiger partial charge in [0, 0.05) is 6.54 Å². The van der Waals surface area contributed by atoms with Crippen LogP contribution in [0.3, 0.4) is 0 Å². The number of carboxylic acids is 1. The van der Waals surface area contributed by atoms with E-state index < -0.39 is 24.1 Å². The SMILES string of the molecule is CCC(C)C(NC(N)=O)C(=O)N1CCCCC1C(=O)O. The van der Waals surface area contributed by atoms with Crippen LogP contribution in [-0.2, 0) is 9.59 Å².